The molecule has 0 fully saturated rings. The van der Waals surface area contributed by atoms with E-state index in [-0.39, 0.29) is 18.5 Å². The Morgan fingerprint density at radius 3 is 2.70 bits per heavy atom. The molecule has 0 bridgehead atoms. The summed E-state index contributed by atoms with van der Waals surface area (Å²) in [5.74, 6) is -0.243. The Balaban J connectivity index is 2.23. The summed E-state index contributed by atoms with van der Waals surface area (Å²) in [6.45, 7) is 8.66. The van der Waals surface area contributed by atoms with Crippen molar-refractivity contribution in [1.82, 2.24) is 15.0 Å². The van der Waals surface area contributed by atoms with Crippen molar-refractivity contribution in [1.29, 1.82) is 0 Å². The van der Waals surface area contributed by atoms with Gasteiger partial charge in [-0.2, -0.15) is 0 Å². The summed E-state index contributed by atoms with van der Waals surface area (Å²) in [7, 11) is 1.43. The zero-order valence-corrected chi connectivity index (χ0v) is 17.0. The molecule has 0 radical (unpaired) electrons. The third kappa shape index (κ3) is 4.95. The SMILES string of the molecule is CCn1cc(CCCC(c2ccc(C)c(CO)c2)C(C)(C)C(=O)OC)nn1. The molecule has 1 aromatic carbocycles. The molecule has 1 heterocycles. The number of aromatic nitrogens is 3. The fraction of sp³-hybridized carbons (Fsp3) is 0.571. The Kier molecular flexibility index (Phi) is 7.13. The van der Waals surface area contributed by atoms with Gasteiger partial charge >= 0.3 is 5.97 Å². The molecule has 6 nitrogen and oxygen atoms in total. The van der Waals surface area contributed by atoms with Crippen LogP contribution in [0.25, 0.3) is 0 Å². The van der Waals surface area contributed by atoms with Crippen molar-refractivity contribution >= 4 is 5.97 Å². The first-order chi connectivity index (χ1) is 12.8. The van der Waals surface area contributed by atoms with Gasteiger partial charge in [0.05, 0.1) is 24.8 Å². The number of rotatable bonds is 9. The second-order valence-electron chi connectivity index (χ2n) is 7.57. The standard InChI is InChI=1S/C21H31N3O3/c1-6-24-13-18(22-23-24)8-7-9-19(21(3,4)20(26)27-5)16-11-10-15(2)17(12-16)14-25/h10-13,19,25H,6-9,14H2,1-5H3. The molecule has 1 unspecified atom stereocenters. The molecule has 0 aliphatic rings. The lowest BCUT2D eigenvalue weighted by atomic mass is 9.72. The smallest absolute Gasteiger partial charge is 0.311 e. The molecular formula is C21H31N3O3. The molecule has 0 saturated carbocycles. The van der Waals surface area contributed by atoms with Crippen LogP contribution in [-0.4, -0.2) is 33.2 Å². The molecule has 0 amide bonds. The molecule has 27 heavy (non-hydrogen) atoms. The maximum atomic E-state index is 12.4. The third-order valence-electron chi connectivity index (χ3n) is 5.36. The summed E-state index contributed by atoms with van der Waals surface area (Å²) in [6.07, 6.45) is 4.48. The minimum Gasteiger partial charge on any atom is -0.469 e. The van der Waals surface area contributed by atoms with Crippen LogP contribution in [0.2, 0.25) is 0 Å². The van der Waals surface area contributed by atoms with Gasteiger partial charge in [-0.05, 0) is 69.6 Å². The number of aliphatic hydroxyl groups excluding tert-OH is 1. The maximum Gasteiger partial charge on any atom is 0.311 e. The zero-order valence-electron chi connectivity index (χ0n) is 17.0. The predicted octanol–water partition coefficient (Wildman–Crippen LogP) is 3.40. The lowest BCUT2D eigenvalue weighted by molar-refractivity contribution is -0.152. The second-order valence-corrected chi connectivity index (χ2v) is 7.57. The van der Waals surface area contributed by atoms with E-state index in [4.69, 9.17) is 4.74 Å². The molecule has 1 atom stereocenters. The van der Waals surface area contributed by atoms with Gasteiger partial charge in [0, 0.05) is 12.7 Å². The average molecular weight is 373 g/mol. The van der Waals surface area contributed by atoms with Gasteiger partial charge in [-0.25, -0.2) is 0 Å². The first kappa shape index (κ1) is 21.1. The summed E-state index contributed by atoms with van der Waals surface area (Å²) in [5, 5.41) is 17.9. The number of carbonyl (C=O) groups is 1. The van der Waals surface area contributed by atoms with E-state index in [1.807, 2.05) is 50.7 Å². The van der Waals surface area contributed by atoms with Crippen molar-refractivity contribution < 1.29 is 14.6 Å². The molecule has 1 N–H and O–H groups in total. The molecule has 148 valence electrons. The van der Waals surface area contributed by atoms with E-state index >= 15 is 0 Å². The highest BCUT2D eigenvalue weighted by Gasteiger charge is 2.38. The Morgan fingerprint density at radius 1 is 1.37 bits per heavy atom. The molecule has 1 aromatic heterocycles. The minimum atomic E-state index is -0.669. The summed E-state index contributed by atoms with van der Waals surface area (Å²) in [4.78, 5) is 12.4. The van der Waals surface area contributed by atoms with Crippen LogP contribution >= 0.6 is 0 Å². The number of benzene rings is 1. The molecule has 0 aliphatic heterocycles. The largest absolute Gasteiger partial charge is 0.469 e. The summed E-state index contributed by atoms with van der Waals surface area (Å²) < 4.78 is 6.88. The fourth-order valence-corrected chi connectivity index (χ4v) is 3.52. The summed E-state index contributed by atoms with van der Waals surface area (Å²) >= 11 is 0. The lowest BCUT2D eigenvalue weighted by Gasteiger charge is -2.32. The topological polar surface area (TPSA) is 77.2 Å². The molecule has 0 aliphatic carbocycles. The number of methoxy groups -OCH3 is 1. The van der Waals surface area contributed by atoms with Gasteiger partial charge in [-0.1, -0.05) is 23.4 Å². The minimum absolute atomic E-state index is 0.00876. The van der Waals surface area contributed by atoms with E-state index in [9.17, 15) is 9.90 Å². The fourth-order valence-electron chi connectivity index (χ4n) is 3.52. The highest BCUT2D eigenvalue weighted by molar-refractivity contribution is 5.77. The number of esters is 1. The van der Waals surface area contributed by atoms with Crippen molar-refractivity contribution in [3.05, 3.63) is 46.8 Å². The Morgan fingerprint density at radius 2 is 2.11 bits per heavy atom. The van der Waals surface area contributed by atoms with Gasteiger partial charge < -0.3 is 9.84 Å². The van der Waals surface area contributed by atoms with Gasteiger partial charge in [0.15, 0.2) is 0 Å². The number of hydrogen-bond donors (Lipinski definition) is 1. The van der Waals surface area contributed by atoms with Gasteiger partial charge in [-0.15, -0.1) is 5.10 Å². The number of carbonyl (C=O) groups excluding carboxylic acids is 1. The first-order valence-electron chi connectivity index (χ1n) is 9.51. The van der Waals surface area contributed by atoms with Crippen LogP contribution in [0.5, 0.6) is 0 Å². The van der Waals surface area contributed by atoms with E-state index < -0.39 is 5.41 Å². The quantitative estimate of drug-likeness (QED) is 0.682. The van der Waals surface area contributed by atoms with Crippen LogP contribution in [-0.2, 0) is 29.1 Å². The van der Waals surface area contributed by atoms with E-state index in [0.29, 0.717) is 0 Å². The zero-order chi connectivity index (χ0) is 20.0. The van der Waals surface area contributed by atoms with E-state index in [2.05, 4.69) is 16.4 Å². The number of aryl methyl sites for hydroxylation is 3. The monoisotopic (exact) mass is 373 g/mol. The number of aliphatic hydroxyl groups is 1. The molecule has 2 rings (SSSR count). The van der Waals surface area contributed by atoms with Crippen LogP contribution in [0, 0.1) is 12.3 Å². The Bertz CT molecular complexity index is 768. The van der Waals surface area contributed by atoms with Gasteiger partial charge in [-0.3, -0.25) is 9.48 Å². The first-order valence-corrected chi connectivity index (χ1v) is 9.51. The van der Waals surface area contributed by atoms with Crippen LogP contribution in [0.4, 0.5) is 0 Å². The number of hydrogen-bond acceptors (Lipinski definition) is 5. The lowest BCUT2D eigenvalue weighted by Crippen LogP contribution is -2.33. The van der Waals surface area contributed by atoms with Crippen LogP contribution in [0.3, 0.4) is 0 Å². The van der Waals surface area contributed by atoms with Crippen molar-refractivity contribution in [2.24, 2.45) is 5.41 Å². The van der Waals surface area contributed by atoms with E-state index in [1.165, 1.54) is 7.11 Å². The molecule has 2 aromatic rings. The summed E-state index contributed by atoms with van der Waals surface area (Å²) in [5.41, 5.74) is 3.29. The van der Waals surface area contributed by atoms with E-state index in [1.54, 1.807) is 0 Å². The molecule has 0 saturated heterocycles. The van der Waals surface area contributed by atoms with Crippen LogP contribution in [0.15, 0.2) is 24.4 Å². The number of ether oxygens (including phenoxy) is 1. The third-order valence-corrected chi connectivity index (χ3v) is 5.36. The Hall–Kier alpha value is -2.21. The van der Waals surface area contributed by atoms with Crippen molar-refractivity contribution in [2.75, 3.05) is 7.11 Å². The van der Waals surface area contributed by atoms with Crippen molar-refractivity contribution in [2.45, 2.75) is 66.0 Å². The van der Waals surface area contributed by atoms with Crippen LogP contribution < -0.4 is 0 Å². The van der Waals surface area contributed by atoms with Crippen molar-refractivity contribution in [3.63, 3.8) is 0 Å². The highest BCUT2D eigenvalue weighted by atomic mass is 16.5. The number of nitrogens with zero attached hydrogens (tertiary/aromatic N) is 3. The van der Waals surface area contributed by atoms with Crippen molar-refractivity contribution in [3.8, 4) is 0 Å². The molecule has 0 spiro atoms. The second kappa shape index (κ2) is 9.13. The van der Waals surface area contributed by atoms with Crippen LogP contribution in [0.1, 0.15) is 61.9 Å². The normalized spacial score (nSPS) is 12.8. The highest BCUT2D eigenvalue weighted by Crippen LogP contribution is 2.41. The average Bonchev–Trinajstić information content (AvgIpc) is 3.13. The molecular weight excluding hydrogens is 342 g/mol. The van der Waals surface area contributed by atoms with Gasteiger partial charge in [0.25, 0.3) is 0 Å². The van der Waals surface area contributed by atoms with Gasteiger partial charge in [0.2, 0.25) is 0 Å². The predicted molar refractivity (Wildman–Crippen MR) is 104 cm³/mol. The Labute approximate surface area is 161 Å². The summed E-state index contributed by atoms with van der Waals surface area (Å²) in [6, 6.07) is 6.07. The molecule has 6 heteroatoms. The van der Waals surface area contributed by atoms with E-state index in [0.717, 1.165) is 48.2 Å². The van der Waals surface area contributed by atoms with Gasteiger partial charge in [0.1, 0.15) is 0 Å². The maximum absolute atomic E-state index is 12.4.